The number of benzene rings is 1. The van der Waals surface area contributed by atoms with Crippen LogP contribution in [0.2, 0.25) is 0 Å². The molecule has 1 unspecified atom stereocenters. The molecule has 0 radical (unpaired) electrons. The van der Waals surface area contributed by atoms with E-state index in [1.54, 1.807) is 17.8 Å². The number of anilines is 1. The molecule has 1 aromatic carbocycles. The van der Waals surface area contributed by atoms with Gasteiger partial charge in [0.05, 0.1) is 17.3 Å². The molecule has 0 spiro atoms. The van der Waals surface area contributed by atoms with E-state index in [0.29, 0.717) is 11.4 Å². The molecule has 0 saturated heterocycles. The number of aromatic nitrogens is 3. The molecule has 4 rings (SSSR count). The summed E-state index contributed by atoms with van der Waals surface area (Å²) in [5.74, 6) is 0.302. The lowest BCUT2D eigenvalue weighted by atomic mass is 9.87. The Kier molecular flexibility index (Phi) is 3.54. The Hall–Kier alpha value is -2.89. The van der Waals surface area contributed by atoms with Gasteiger partial charge in [-0.25, -0.2) is 4.68 Å². The molecule has 2 aromatic heterocycles. The first-order chi connectivity index (χ1) is 12.3. The number of rotatable bonds is 1. The maximum Gasteiger partial charge on any atom is 0.254 e. The van der Waals surface area contributed by atoms with Gasteiger partial charge in [0, 0.05) is 30.5 Å². The van der Waals surface area contributed by atoms with Crippen molar-refractivity contribution in [2.75, 3.05) is 5.32 Å². The van der Waals surface area contributed by atoms with Crippen molar-refractivity contribution in [3.63, 3.8) is 0 Å². The smallest absolute Gasteiger partial charge is 0.254 e. The Morgan fingerprint density at radius 3 is 2.62 bits per heavy atom. The number of hydrogen-bond donors (Lipinski definition) is 1. The number of aryl methyl sites for hydroxylation is 1. The standard InChI is InChI=1S/C20H22N4O2/c1-20(2,3)24-18-15(11-21-24)13(10-17(25)22-18)14-9-12-7-5-6-8-16(12)23(4)19(14)26/h5-9,11,13H,10H2,1-4H3,(H,22,25). The van der Waals surface area contributed by atoms with E-state index in [0.717, 1.165) is 16.5 Å². The largest absolute Gasteiger partial charge is 0.311 e. The Morgan fingerprint density at radius 2 is 1.88 bits per heavy atom. The zero-order chi connectivity index (χ0) is 18.6. The number of hydrogen-bond acceptors (Lipinski definition) is 3. The first-order valence-electron chi connectivity index (χ1n) is 8.74. The van der Waals surface area contributed by atoms with Crippen LogP contribution in [0.5, 0.6) is 0 Å². The SMILES string of the molecule is Cn1c(=O)c(C2CC(=O)Nc3c2cnn3C(C)(C)C)cc2ccccc21. The zero-order valence-electron chi connectivity index (χ0n) is 15.4. The highest BCUT2D eigenvalue weighted by atomic mass is 16.2. The summed E-state index contributed by atoms with van der Waals surface area (Å²) in [6.45, 7) is 6.10. The van der Waals surface area contributed by atoms with Gasteiger partial charge in [-0.1, -0.05) is 18.2 Å². The summed E-state index contributed by atoms with van der Waals surface area (Å²) in [5.41, 5.74) is 2.07. The summed E-state index contributed by atoms with van der Waals surface area (Å²) < 4.78 is 3.48. The highest BCUT2D eigenvalue weighted by molar-refractivity contribution is 5.94. The average Bonchev–Trinajstić information content (AvgIpc) is 3.01. The van der Waals surface area contributed by atoms with Gasteiger partial charge in [0.1, 0.15) is 5.82 Å². The molecule has 0 fully saturated rings. The average molecular weight is 350 g/mol. The van der Waals surface area contributed by atoms with Gasteiger partial charge in [0.2, 0.25) is 5.91 Å². The topological polar surface area (TPSA) is 68.9 Å². The fraction of sp³-hybridized carbons (Fsp3) is 0.350. The summed E-state index contributed by atoms with van der Waals surface area (Å²) >= 11 is 0. The van der Waals surface area contributed by atoms with E-state index in [-0.39, 0.29) is 29.3 Å². The molecule has 6 heteroatoms. The van der Waals surface area contributed by atoms with Gasteiger partial charge in [-0.15, -0.1) is 0 Å². The van der Waals surface area contributed by atoms with E-state index < -0.39 is 0 Å². The Morgan fingerprint density at radius 1 is 1.15 bits per heavy atom. The number of nitrogens with one attached hydrogen (secondary N) is 1. The van der Waals surface area contributed by atoms with Gasteiger partial charge in [0.25, 0.3) is 5.56 Å². The van der Waals surface area contributed by atoms with Crippen molar-refractivity contribution >= 4 is 22.6 Å². The molecule has 1 amide bonds. The number of carbonyl (C=O) groups excluding carboxylic acids is 1. The molecule has 0 aliphatic carbocycles. The van der Waals surface area contributed by atoms with Crippen molar-refractivity contribution in [3.05, 3.63) is 58.0 Å². The summed E-state index contributed by atoms with van der Waals surface area (Å²) in [6, 6.07) is 9.70. The van der Waals surface area contributed by atoms with Crippen LogP contribution in [0, 0.1) is 0 Å². The Balaban J connectivity index is 1.95. The summed E-state index contributed by atoms with van der Waals surface area (Å²) in [4.78, 5) is 25.4. The van der Waals surface area contributed by atoms with Crippen molar-refractivity contribution in [1.82, 2.24) is 14.3 Å². The van der Waals surface area contributed by atoms with Crippen molar-refractivity contribution in [2.45, 2.75) is 38.6 Å². The molecule has 26 heavy (non-hydrogen) atoms. The van der Waals surface area contributed by atoms with E-state index in [2.05, 4.69) is 10.4 Å². The molecule has 6 nitrogen and oxygen atoms in total. The number of pyridine rings is 1. The van der Waals surface area contributed by atoms with Crippen molar-refractivity contribution in [1.29, 1.82) is 0 Å². The maximum atomic E-state index is 13.0. The van der Waals surface area contributed by atoms with Crippen LogP contribution in [-0.4, -0.2) is 20.3 Å². The molecule has 134 valence electrons. The van der Waals surface area contributed by atoms with Gasteiger partial charge in [-0.05, 0) is 38.3 Å². The lowest BCUT2D eigenvalue weighted by Crippen LogP contribution is -2.32. The number of nitrogens with zero attached hydrogens (tertiary/aromatic N) is 3. The third-order valence-electron chi connectivity index (χ3n) is 4.99. The minimum absolute atomic E-state index is 0.0714. The lowest BCUT2D eigenvalue weighted by molar-refractivity contribution is -0.116. The van der Waals surface area contributed by atoms with Crippen LogP contribution in [0.3, 0.4) is 0 Å². The molecule has 0 saturated carbocycles. The number of para-hydroxylation sites is 1. The van der Waals surface area contributed by atoms with Crippen molar-refractivity contribution in [2.24, 2.45) is 7.05 Å². The van der Waals surface area contributed by atoms with Crippen LogP contribution in [0.1, 0.15) is 44.2 Å². The van der Waals surface area contributed by atoms with E-state index in [1.165, 1.54) is 0 Å². The second kappa shape index (κ2) is 5.56. The highest BCUT2D eigenvalue weighted by Crippen LogP contribution is 2.38. The minimum Gasteiger partial charge on any atom is -0.311 e. The summed E-state index contributed by atoms with van der Waals surface area (Å²) in [7, 11) is 1.77. The zero-order valence-corrected chi connectivity index (χ0v) is 15.4. The van der Waals surface area contributed by atoms with Gasteiger partial charge in [-0.3, -0.25) is 9.59 Å². The Labute approximate surface area is 151 Å². The predicted molar refractivity (Wildman–Crippen MR) is 102 cm³/mol. The normalized spacial score (nSPS) is 17.2. The van der Waals surface area contributed by atoms with E-state index >= 15 is 0 Å². The molecule has 1 aliphatic heterocycles. The van der Waals surface area contributed by atoms with E-state index in [4.69, 9.17) is 0 Å². The second-order valence-corrected chi connectivity index (χ2v) is 7.86. The van der Waals surface area contributed by atoms with Crippen molar-refractivity contribution < 1.29 is 4.79 Å². The second-order valence-electron chi connectivity index (χ2n) is 7.86. The van der Waals surface area contributed by atoms with Crippen LogP contribution in [0.4, 0.5) is 5.82 Å². The third-order valence-corrected chi connectivity index (χ3v) is 4.99. The van der Waals surface area contributed by atoms with Gasteiger partial charge in [0.15, 0.2) is 0 Å². The monoisotopic (exact) mass is 350 g/mol. The minimum atomic E-state index is -0.293. The number of carbonyl (C=O) groups is 1. The van der Waals surface area contributed by atoms with Gasteiger partial charge in [-0.2, -0.15) is 5.10 Å². The van der Waals surface area contributed by atoms with E-state index in [9.17, 15) is 9.59 Å². The third kappa shape index (κ3) is 2.44. The summed E-state index contributed by atoms with van der Waals surface area (Å²) in [5, 5.41) is 8.41. The molecule has 3 heterocycles. The molecule has 0 bridgehead atoms. The number of amides is 1. The molecule has 3 aromatic rings. The van der Waals surface area contributed by atoms with Crippen LogP contribution in [0.25, 0.3) is 10.9 Å². The van der Waals surface area contributed by atoms with Crippen LogP contribution in [0.15, 0.2) is 41.3 Å². The maximum absolute atomic E-state index is 13.0. The molecular formula is C20H22N4O2. The number of fused-ring (bicyclic) bond motifs is 2. The first kappa shape index (κ1) is 16.6. The Bertz CT molecular complexity index is 1090. The van der Waals surface area contributed by atoms with Crippen LogP contribution < -0.4 is 10.9 Å². The van der Waals surface area contributed by atoms with Crippen molar-refractivity contribution in [3.8, 4) is 0 Å². The molecular weight excluding hydrogens is 328 g/mol. The quantitative estimate of drug-likeness (QED) is 0.734. The fourth-order valence-electron chi connectivity index (χ4n) is 3.70. The highest BCUT2D eigenvalue weighted by Gasteiger charge is 2.34. The first-order valence-corrected chi connectivity index (χ1v) is 8.74. The lowest BCUT2D eigenvalue weighted by Gasteiger charge is -2.28. The van der Waals surface area contributed by atoms with Gasteiger partial charge >= 0.3 is 0 Å². The molecule has 1 atom stereocenters. The van der Waals surface area contributed by atoms with E-state index in [1.807, 2.05) is 55.8 Å². The van der Waals surface area contributed by atoms with Crippen LogP contribution >= 0.6 is 0 Å². The molecule has 1 aliphatic rings. The summed E-state index contributed by atoms with van der Waals surface area (Å²) in [6.07, 6.45) is 2.02. The predicted octanol–water partition coefficient (Wildman–Crippen LogP) is 2.96. The fourth-order valence-corrected chi connectivity index (χ4v) is 3.70. The van der Waals surface area contributed by atoms with Gasteiger partial charge < -0.3 is 9.88 Å². The molecule has 1 N–H and O–H groups in total. The van der Waals surface area contributed by atoms with Crippen LogP contribution in [-0.2, 0) is 17.4 Å².